The minimum atomic E-state index is -0.536. The summed E-state index contributed by atoms with van der Waals surface area (Å²) in [7, 11) is 0. The second-order valence-corrected chi connectivity index (χ2v) is 7.44. The molecule has 1 aromatic heterocycles. The van der Waals surface area contributed by atoms with Crippen LogP contribution in [-0.2, 0) is 6.54 Å². The third kappa shape index (κ3) is 3.74. The molecule has 0 saturated heterocycles. The predicted octanol–water partition coefficient (Wildman–Crippen LogP) is 2.13. The van der Waals surface area contributed by atoms with Crippen molar-refractivity contribution in [1.82, 2.24) is 21.1 Å². The average molecular weight is 414 g/mol. The first-order valence-electron chi connectivity index (χ1n) is 10.1. The molecule has 0 aliphatic carbocycles. The number of aliphatic imine (C=N–C) groups is 1. The molecule has 1 amide bonds. The highest BCUT2D eigenvalue weighted by molar-refractivity contribution is 6.05. The molecule has 0 bridgehead atoms. The number of nitrogens with one attached hydrogen (secondary N) is 3. The van der Waals surface area contributed by atoms with Crippen molar-refractivity contribution in [2.45, 2.75) is 18.9 Å². The fraction of sp³-hybridized carbons (Fsp3) is 0.174. The Kier molecular flexibility index (Phi) is 5.07. The van der Waals surface area contributed by atoms with Gasteiger partial charge >= 0.3 is 0 Å². The van der Waals surface area contributed by atoms with Crippen LogP contribution < -0.4 is 21.7 Å². The van der Waals surface area contributed by atoms with E-state index in [9.17, 15) is 4.79 Å². The van der Waals surface area contributed by atoms with Crippen molar-refractivity contribution in [2.24, 2.45) is 10.7 Å². The van der Waals surface area contributed by atoms with E-state index in [2.05, 4.69) is 38.2 Å². The lowest BCUT2D eigenvalue weighted by atomic mass is 10.0. The van der Waals surface area contributed by atoms with Gasteiger partial charge in [-0.05, 0) is 29.8 Å². The van der Waals surface area contributed by atoms with E-state index in [1.165, 1.54) is 5.56 Å². The molecule has 156 valence electrons. The zero-order valence-corrected chi connectivity index (χ0v) is 16.7. The monoisotopic (exact) mass is 414 g/mol. The molecular weight excluding hydrogens is 392 g/mol. The van der Waals surface area contributed by atoms with Gasteiger partial charge in [0, 0.05) is 29.4 Å². The summed E-state index contributed by atoms with van der Waals surface area (Å²) in [5, 5.41) is 15.5. The van der Waals surface area contributed by atoms with Crippen LogP contribution >= 0.6 is 0 Å². The number of carbonyl (C=O) groups excluding carboxylic acids is 1. The maximum atomic E-state index is 11.8. The van der Waals surface area contributed by atoms with Crippen LogP contribution in [0.5, 0.6) is 0 Å². The largest absolute Gasteiger partial charge is 0.366 e. The van der Waals surface area contributed by atoms with Crippen LogP contribution in [-0.4, -0.2) is 30.0 Å². The van der Waals surface area contributed by atoms with Crippen molar-refractivity contribution in [3.8, 4) is 0 Å². The first-order valence-corrected chi connectivity index (χ1v) is 10.1. The van der Waals surface area contributed by atoms with Crippen molar-refractivity contribution in [2.75, 3.05) is 6.54 Å². The molecule has 0 spiro atoms. The Morgan fingerprint density at radius 1 is 1.19 bits per heavy atom. The van der Waals surface area contributed by atoms with E-state index in [1.807, 2.05) is 36.4 Å². The zero-order valence-electron chi connectivity index (χ0n) is 16.7. The quantitative estimate of drug-likeness (QED) is 0.508. The summed E-state index contributed by atoms with van der Waals surface area (Å²) < 4.78 is 5.68. The van der Waals surface area contributed by atoms with Gasteiger partial charge in [-0.2, -0.15) is 0 Å². The number of nitrogens with two attached hydrogens (primary N) is 1. The van der Waals surface area contributed by atoms with Crippen molar-refractivity contribution < 1.29 is 9.32 Å². The molecule has 0 fully saturated rings. The Balaban J connectivity index is 1.48. The number of allylic oxidation sites excluding steroid dienone is 2. The summed E-state index contributed by atoms with van der Waals surface area (Å²) in [6.07, 6.45) is 5.22. The number of fused-ring (bicyclic) bond motifs is 1. The van der Waals surface area contributed by atoms with Crippen LogP contribution in [0, 0.1) is 0 Å². The minimum absolute atomic E-state index is 0.138. The maximum Gasteiger partial charge on any atom is 0.251 e. The summed E-state index contributed by atoms with van der Waals surface area (Å²) in [6.45, 7) is 1.27. The Hall–Kier alpha value is -3.75. The molecule has 0 radical (unpaired) electrons. The predicted molar refractivity (Wildman–Crippen MR) is 118 cm³/mol. The number of amides is 1. The van der Waals surface area contributed by atoms with Gasteiger partial charge in [0.15, 0.2) is 5.76 Å². The lowest BCUT2D eigenvalue weighted by Gasteiger charge is -2.35. The lowest BCUT2D eigenvalue weighted by molar-refractivity contribution is 0.100. The maximum absolute atomic E-state index is 11.8. The highest BCUT2D eigenvalue weighted by atomic mass is 16.5. The molecule has 5 N–H and O–H groups in total. The number of primary amides is 1. The first kappa shape index (κ1) is 19.2. The van der Waals surface area contributed by atoms with E-state index in [1.54, 1.807) is 18.3 Å². The zero-order chi connectivity index (χ0) is 21.2. The molecule has 2 atom stereocenters. The molecule has 0 saturated carbocycles. The lowest BCUT2D eigenvalue weighted by Crippen LogP contribution is -2.53. The number of hydrogen-bond donors (Lipinski definition) is 4. The van der Waals surface area contributed by atoms with Gasteiger partial charge in [0.1, 0.15) is 11.7 Å². The summed E-state index contributed by atoms with van der Waals surface area (Å²) in [4.78, 5) is 16.2. The van der Waals surface area contributed by atoms with Crippen LogP contribution in [0.15, 0.2) is 81.5 Å². The molecule has 2 aliphatic heterocycles. The number of rotatable bonds is 5. The van der Waals surface area contributed by atoms with Crippen LogP contribution in [0.25, 0.3) is 10.9 Å². The second-order valence-electron chi connectivity index (χ2n) is 7.44. The molecule has 3 aromatic rings. The van der Waals surface area contributed by atoms with E-state index in [0.29, 0.717) is 29.9 Å². The average Bonchev–Trinajstić information content (AvgIpc) is 3.08. The third-order valence-electron chi connectivity index (χ3n) is 5.46. The number of nitrogens with zero attached hydrogens (tertiary/aromatic N) is 2. The standard InChI is InChI=1S/C23H22N6O2/c24-21(30)16-9-4-8-15-19(16)29-31-20(15)23-27-18-10-5-11-25-13-17(18)22(28-23)26-12-14-6-2-1-3-7-14/h1-11,22-23,26-28H,12-13H2,(H2,24,30). The van der Waals surface area contributed by atoms with Crippen molar-refractivity contribution in [3.05, 3.63) is 88.8 Å². The van der Waals surface area contributed by atoms with E-state index < -0.39 is 5.91 Å². The van der Waals surface area contributed by atoms with Crippen molar-refractivity contribution >= 4 is 23.0 Å². The Labute approximate surface area is 178 Å². The highest BCUT2D eigenvalue weighted by Gasteiger charge is 2.31. The number of hydrogen-bond acceptors (Lipinski definition) is 7. The normalized spacial score (nSPS) is 20.4. The van der Waals surface area contributed by atoms with Crippen molar-refractivity contribution in [1.29, 1.82) is 0 Å². The third-order valence-corrected chi connectivity index (χ3v) is 5.46. The van der Waals surface area contributed by atoms with Gasteiger partial charge in [0.2, 0.25) is 0 Å². The number of aromatic nitrogens is 1. The summed E-state index contributed by atoms with van der Waals surface area (Å²) in [5.74, 6) is 0.0565. The molecule has 8 heteroatoms. The fourth-order valence-electron chi connectivity index (χ4n) is 3.93. The van der Waals surface area contributed by atoms with Gasteiger partial charge < -0.3 is 15.6 Å². The SMILES string of the molecule is NC(=O)c1cccc2c(C3NC4=C(CN=CC=C4)C(NCc4ccccc4)N3)onc12. The van der Waals surface area contributed by atoms with Crippen molar-refractivity contribution in [3.63, 3.8) is 0 Å². The van der Waals surface area contributed by atoms with Crippen LogP contribution in [0.2, 0.25) is 0 Å². The summed E-state index contributed by atoms with van der Waals surface area (Å²) in [5.41, 5.74) is 9.56. The van der Waals surface area contributed by atoms with Gasteiger partial charge in [-0.25, -0.2) is 0 Å². The molecule has 2 unspecified atom stereocenters. The smallest absolute Gasteiger partial charge is 0.251 e. The van der Waals surface area contributed by atoms with Gasteiger partial charge in [0.25, 0.3) is 5.91 Å². The summed E-state index contributed by atoms with van der Waals surface area (Å²) in [6, 6.07) is 15.5. The molecule has 5 rings (SSSR count). The molecule has 8 nitrogen and oxygen atoms in total. The Morgan fingerprint density at radius 3 is 2.90 bits per heavy atom. The van der Waals surface area contributed by atoms with E-state index in [0.717, 1.165) is 16.7 Å². The molecular formula is C23H22N6O2. The minimum Gasteiger partial charge on any atom is -0.366 e. The molecule has 2 aromatic carbocycles. The van der Waals surface area contributed by atoms with E-state index in [-0.39, 0.29) is 12.3 Å². The topological polar surface area (TPSA) is 118 Å². The fourth-order valence-corrected chi connectivity index (χ4v) is 3.93. The number of benzene rings is 2. The molecule has 3 heterocycles. The van der Waals surface area contributed by atoms with E-state index >= 15 is 0 Å². The van der Waals surface area contributed by atoms with Gasteiger partial charge in [-0.1, -0.05) is 41.6 Å². The van der Waals surface area contributed by atoms with Gasteiger partial charge in [-0.15, -0.1) is 0 Å². The highest BCUT2D eigenvalue weighted by Crippen LogP contribution is 2.29. The van der Waals surface area contributed by atoms with Gasteiger partial charge in [0.05, 0.1) is 18.3 Å². The molecule has 31 heavy (non-hydrogen) atoms. The second kappa shape index (κ2) is 8.17. The van der Waals surface area contributed by atoms with Crippen LogP contribution in [0.4, 0.5) is 0 Å². The van der Waals surface area contributed by atoms with Gasteiger partial charge in [-0.3, -0.25) is 20.4 Å². The Morgan fingerprint density at radius 2 is 2.06 bits per heavy atom. The number of carbonyl (C=O) groups is 1. The van der Waals surface area contributed by atoms with Crippen LogP contribution in [0.1, 0.15) is 27.8 Å². The first-order chi connectivity index (χ1) is 15.2. The van der Waals surface area contributed by atoms with E-state index in [4.69, 9.17) is 10.3 Å². The Bertz CT molecular complexity index is 1210. The van der Waals surface area contributed by atoms with Crippen LogP contribution in [0.3, 0.4) is 0 Å². The summed E-state index contributed by atoms with van der Waals surface area (Å²) >= 11 is 0. The molecule has 2 aliphatic rings.